The molecule has 1 nitrogen and oxygen atoms in total. The molecule has 0 aliphatic rings. The Morgan fingerprint density at radius 3 is 2.61 bits per heavy atom. The van der Waals surface area contributed by atoms with Crippen molar-refractivity contribution in [2.75, 3.05) is 5.32 Å². The number of nitrogens with one attached hydrogen (secondary N) is 1. The van der Waals surface area contributed by atoms with E-state index in [2.05, 4.69) is 21.2 Å². The first-order chi connectivity index (χ1) is 8.58. The Bertz CT molecular complexity index is 549. The van der Waals surface area contributed by atoms with Gasteiger partial charge >= 0.3 is 0 Å². The summed E-state index contributed by atoms with van der Waals surface area (Å²) in [6.45, 7) is 2.27. The highest BCUT2D eigenvalue weighted by Crippen LogP contribution is 2.22. The summed E-state index contributed by atoms with van der Waals surface area (Å²) in [6, 6.07) is 9.37. The van der Waals surface area contributed by atoms with Crippen LogP contribution in [-0.2, 0) is 6.54 Å². The van der Waals surface area contributed by atoms with Gasteiger partial charge in [0.25, 0.3) is 0 Å². The second kappa shape index (κ2) is 5.48. The molecule has 0 saturated carbocycles. The van der Waals surface area contributed by atoms with Crippen LogP contribution in [0.15, 0.2) is 40.9 Å². The average molecular weight is 312 g/mol. The maximum absolute atomic E-state index is 13.6. The molecular formula is C14H12BrF2N. The first-order valence-corrected chi connectivity index (χ1v) is 6.30. The molecule has 2 rings (SSSR count). The minimum Gasteiger partial charge on any atom is -0.378 e. The van der Waals surface area contributed by atoms with Crippen molar-refractivity contribution >= 4 is 21.6 Å². The van der Waals surface area contributed by atoms with Crippen molar-refractivity contribution in [3.8, 4) is 0 Å². The van der Waals surface area contributed by atoms with Crippen molar-refractivity contribution in [3.63, 3.8) is 0 Å². The van der Waals surface area contributed by atoms with Crippen molar-refractivity contribution in [2.24, 2.45) is 0 Å². The second-order valence-electron chi connectivity index (χ2n) is 4.02. The predicted molar refractivity (Wildman–Crippen MR) is 72.6 cm³/mol. The minimum atomic E-state index is -0.298. The van der Waals surface area contributed by atoms with Gasteiger partial charge in [-0.15, -0.1) is 0 Å². The molecule has 4 heteroatoms. The third-order valence-electron chi connectivity index (χ3n) is 2.69. The largest absolute Gasteiger partial charge is 0.378 e. The number of halogens is 3. The summed E-state index contributed by atoms with van der Waals surface area (Å²) in [6.07, 6.45) is 0. The summed E-state index contributed by atoms with van der Waals surface area (Å²) in [7, 11) is 0. The highest BCUT2D eigenvalue weighted by molar-refractivity contribution is 9.10. The Kier molecular flexibility index (Phi) is 3.97. The van der Waals surface area contributed by atoms with Crippen LogP contribution in [0.1, 0.15) is 11.1 Å². The quantitative estimate of drug-likeness (QED) is 0.870. The van der Waals surface area contributed by atoms with Gasteiger partial charge in [0, 0.05) is 11.0 Å². The van der Waals surface area contributed by atoms with Crippen molar-refractivity contribution in [3.05, 3.63) is 63.6 Å². The molecule has 0 spiro atoms. The first kappa shape index (κ1) is 13.0. The number of hydrogen-bond acceptors (Lipinski definition) is 1. The normalized spacial score (nSPS) is 10.4. The Morgan fingerprint density at radius 2 is 1.94 bits per heavy atom. The SMILES string of the molecule is Cc1cccc(F)c1NCc1ccc(F)cc1Br. The highest BCUT2D eigenvalue weighted by atomic mass is 79.9. The Morgan fingerprint density at radius 1 is 1.17 bits per heavy atom. The third-order valence-corrected chi connectivity index (χ3v) is 3.43. The summed E-state index contributed by atoms with van der Waals surface area (Å²) in [5.41, 5.74) is 2.20. The van der Waals surface area contributed by atoms with Crippen LogP contribution >= 0.6 is 15.9 Å². The number of anilines is 1. The monoisotopic (exact) mass is 311 g/mol. The van der Waals surface area contributed by atoms with E-state index in [-0.39, 0.29) is 11.6 Å². The van der Waals surface area contributed by atoms with Gasteiger partial charge < -0.3 is 5.32 Å². The van der Waals surface area contributed by atoms with Crippen LogP contribution < -0.4 is 5.32 Å². The van der Waals surface area contributed by atoms with Crippen LogP contribution in [0, 0.1) is 18.6 Å². The molecule has 0 fully saturated rings. The topological polar surface area (TPSA) is 12.0 Å². The smallest absolute Gasteiger partial charge is 0.146 e. The summed E-state index contributed by atoms with van der Waals surface area (Å²) < 4.78 is 27.2. The Hall–Kier alpha value is -1.42. The van der Waals surface area contributed by atoms with Crippen LogP contribution in [0.4, 0.5) is 14.5 Å². The Balaban J connectivity index is 2.16. The van der Waals surface area contributed by atoms with Crippen LogP contribution in [0.3, 0.4) is 0 Å². The molecule has 0 amide bonds. The van der Waals surface area contributed by atoms with E-state index >= 15 is 0 Å². The maximum Gasteiger partial charge on any atom is 0.146 e. The molecule has 0 aromatic heterocycles. The van der Waals surface area contributed by atoms with E-state index in [0.717, 1.165) is 11.1 Å². The van der Waals surface area contributed by atoms with Crippen LogP contribution in [0.2, 0.25) is 0 Å². The van der Waals surface area contributed by atoms with Crippen molar-refractivity contribution in [1.82, 2.24) is 0 Å². The molecule has 0 atom stereocenters. The van der Waals surface area contributed by atoms with Gasteiger partial charge in [-0.05, 0) is 36.2 Å². The van der Waals surface area contributed by atoms with Gasteiger partial charge in [-0.3, -0.25) is 0 Å². The molecule has 0 aliphatic heterocycles. The molecule has 0 bridgehead atoms. The van der Waals surface area contributed by atoms with Gasteiger partial charge in [-0.25, -0.2) is 8.78 Å². The third kappa shape index (κ3) is 2.88. The van der Waals surface area contributed by atoms with Crippen LogP contribution in [-0.4, -0.2) is 0 Å². The number of para-hydroxylation sites is 1. The lowest BCUT2D eigenvalue weighted by Crippen LogP contribution is -2.04. The standard InChI is InChI=1S/C14H12BrF2N/c1-9-3-2-4-13(17)14(9)18-8-10-5-6-11(16)7-12(10)15/h2-7,18H,8H2,1H3. The van der Waals surface area contributed by atoms with E-state index in [9.17, 15) is 8.78 Å². The average Bonchev–Trinajstić information content (AvgIpc) is 2.31. The van der Waals surface area contributed by atoms with E-state index in [1.807, 2.05) is 13.0 Å². The van der Waals surface area contributed by atoms with Gasteiger partial charge in [0.2, 0.25) is 0 Å². The highest BCUT2D eigenvalue weighted by Gasteiger charge is 2.06. The number of benzene rings is 2. The maximum atomic E-state index is 13.6. The predicted octanol–water partition coefficient (Wildman–Crippen LogP) is 4.65. The van der Waals surface area contributed by atoms with E-state index < -0.39 is 0 Å². The fraction of sp³-hybridized carbons (Fsp3) is 0.143. The zero-order valence-corrected chi connectivity index (χ0v) is 11.4. The van der Waals surface area contributed by atoms with E-state index in [1.54, 1.807) is 12.1 Å². The van der Waals surface area contributed by atoms with Gasteiger partial charge in [-0.1, -0.05) is 34.1 Å². The van der Waals surface area contributed by atoms with Crippen LogP contribution in [0.5, 0.6) is 0 Å². The van der Waals surface area contributed by atoms with Crippen LogP contribution in [0.25, 0.3) is 0 Å². The number of rotatable bonds is 3. The lowest BCUT2D eigenvalue weighted by molar-refractivity contribution is 0.625. The molecule has 0 heterocycles. The van der Waals surface area contributed by atoms with E-state index in [1.165, 1.54) is 18.2 Å². The molecule has 2 aromatic rings. The van der Waals surface area contributed by atoms with Gasteiger partial charge in [-0.2, -0.15) is 0 Å². The number of hydrogen-bond donors (Lipinski definition) is 1. The van der Waals surface area contributed by atoms with Crippen molar-refractivity contribution in [2.45, 2.75) is 13.5 Å². The zero-order chi connectivity index (χ0) is 13.1. The van der Waals surface area contributed by atoms with Gasteiger partial charge in [0.1, 0.15) is 11.6 Å². The Labute approximate surface area is 113 Å². The van der Waals surface area contributed by atoms with Crippen molar-refractivity contribution in [1.29, 1.82) is 0 Å². The molecule has 0 radical (unpaired) electrons. The van der Waals surface area contributed by atoms with Gasteiger partial charge in [0.15, 0.2) is 0 Å². The molecule has 2 aromatic carbocycles. The molecule has 0 unspecified atom stereocenters. The molecular weight excluding hydrogens is 300 g/mol. The summed E-state index contributed by atoms with van der Waals surface area (Å²) in [5, 5.41) is 3.03. The molecule has 18 heavy (non-hydrogen) atoms. The van der Waals surface area contributed by atoms with Crippen molar-refractivity contribution < 1.29 is 8.78 Å². The minimum absolute atomic E-state index is 0.284. The molecule has 0 saturated heterocycles. The fourth-order valence-corrected chi connectivity index (χ4v) is 2.20. The lowest BCUT2D eigenvalue weighted by Gasteiger charge is -2.11. The second-order valence-corrected chi connectivity index (χ2v) is 4.88. The summed E-state index contributed by atoms with van der Waals surface area (Å²) in [5.74, 6) is -0.582. The number of aryl methyl sites for hydroxylation is 1. The fourth-order valence-electron chi connectivity index (χ4n) is 1.70. The first-order valence-electron chi connectivity index (χ1n) is 5.51. The van der Waals surface area contributed by atoms with Gasteiger partial charge in [0.05, 0.1) is 5.69 Å². The van der Waals surface area contributed by atoms with E-state index in [4.69, 9.17) is 0 Å². The summed E-state index contributed by atoms with van der Waals surface area (Å²) in [4.78, 5) is 0. The van der Waals surface area contributed by atoms with E-state index in [0.29, 0.717) is 16.7 Å². The molecule has 94 valence electrons. The molecule has 0 aliphatic carbocycles. The zero-order valence-electron chi connectivity index (χ0n) is 9.81. The lowest BCUT2D eigenvalue weighted by atomic mass is 10.1. The molecule has 1 N–H and O–H groups in total. The summed E-state index contributed by atoms with van der Waals surface area (Å²) >= 11 is 3.28.